The monoisotopic (exact) mass is 278 g/mol. The van der Waals surface area contributed by atoms with E-state index in [1.807, 2.05) is 30.5 Å². The summed E-state index contributed by atoms with van der Waals surface area (Å²) in [5.41, 5.74) is 0.593. The molecule has 0 aliphatic carbocycles. The van der Waals surface area contributed by atoms with Crippen molar-refractivity contribution in [2.24, 2.45) is 0 Å². The number of carbonyl (C=O) groups excluding carboxylic acids is 1. The van der Waals surface area contributed by atoms with Crippen molar-refractivity contribution in [3.05, 3.63) is 46.4 Å². The molecule has 1 unspecified atom stereocenters. The van der Waals surface area contributed by atoms with Crippen molar-refractivity contribution in [3.63, 3.8) is 0 Å². The van der Waals surface area contributed by atoms with Crippen LogP contribution in [0.2, 0.25) is 0 Å². The summed E-state index contributed by atoms with van der Waals surface area (Å²) in [6, 6.07) is 7.23. The Bertz CT molecular complexity index is 526. The maximum Gasteiger partial charge on any atom is 0.252 e. The van der Waals surface area contributed by atoms with E-state index in [0.29, 0.717) is 10.5 Å². The van der Waals surface area contributed by atoms with Gasteiger partial charge in [-0.25, -0.2) is 4.98 Å². The number of hydrogen-bond donors (Lipinski definition) is 2. The fourth-order valence-electron chi connectivity index (χ4n) is 1.65. The predicted octanol–water partition coefficient (Wildman–Crippen LogP) is 3.31. The SMILES string of the molecule is CCC(NC(=O)c1ccccc1S)c1nccs1. The molecule has 3 nitrogen and oxygen atoms in total. The maximum absolute atomic E-state index is 12.1. The number of thiazole rings is 1. The second-order valence-electron chi connectivity index (χ2n) is 3.82. The van der Waals surface area contributed by atoms with Gasteiger partial charge < -0.3 is 5.32 Å². The van der Waals surface area contributed by atoms with Gasteiger partial charge in [-0.2, -0.15) is 0 Å². The normalized spacial score (nSPS) is 12.1. The van der Waals surface area contributed by atoms with E-state index in [9.17, 15) is 4.79 Å². The molecule has 0 radical (unpaired) electrons. The summed E-state index contributed by atoms with van der Waals surface area (Å²) in [7, 11) is 0. The summed E-state index contributed by atoms with van der Waals surface area (Å²) < 4.78 is 0. The summed E-state index contributed by atoms with van der Waals surface area (Å²) in [4.78, 5) is 17.1. The van der Waals surface area contributed by atoms with Crippen molar-refractivity contribution in [1.82, 2.24) is 10.3 Å². The Morgan fingerprint density at radius 2 is 2.28 bits per heavy atom. The van der Waals surface area contributed by atoms with Gasteiger partial charge in [0.1, 0.15) is 5.01 Å². The predicted molar refractivity (Wildman–Crippen MR) is 76.3 cm³/mol. The Morgan fingerprint density at radius 3 is 2.89 bits per heavy atom. The van der Waals surface area contributed by atoms with E-state index in [4.69, 9.17) is 0 Å². The number of nitrogens with one attached hydrogen (secondary N) is 1. The topological polar surface area (TPSA) is 42.0 Å². The highest BCUT2D eigenvalue weighted by molar-refractivity contribution is 7.80. The van der Waals surface area contributed by atoms with Crippen molar-refractivity contribution in [3.8, 4) is 0 Å². The van der Waals surface area contributed by atoms with Crippen LogP contribution in [0, 0.1) is 0 Å². The van der Waals surface area contributed by atoms with Gasteiger partial charge in [-0.1, -0.05) is 19.1 Å². The van der Waals surface area contributed by atoms with E-state index >= 15 is 0 Å². The van der Waals surface area contributed by atoms with Crippen LogP contribution in [-0.4, -0.2) is 10.9 Å². The van der Waals surface area contributed by atoms with Crippen LogP contribution in [0.1, 0.15) is 34.8 Å². The van der Waals surface area contributed by atoms with Gasteiger partial charge in [0.15, 0.2) is 0 Å². The molecule has 0 fully saturated rings. The lowest BCUT2D eigenvalue weighted by Gasteiger charge is -2.15. The van der Waals surface area contributed by atoms with E-state index < -0.39 is 0 Å². The highest BCUT2D eigenvalue weighted by atomic mass is 32.1. The Hall–Kier alpha value is -1.33. The first-order valence-electron chi connectivity index (χ1n) is 5.70. The molecule has 0 aliphatic rings. The minimum Gasteiger partial charge on any atom is -0.343 e. The fraction of sp³-hybridized carbons (Fsp3) is 0.231. The molecule has 5 heteroatoms. The molecule has 0 bridgehead atoms. The quantitative estimate of drug-likeness (QED) is 0.843. The largest absolute Gasteiger partial charge is 0.343 e. The van der Waals surface area contributed by atoms with Gasteiger partial charge in [-0.3, -0.25) is 4.79 Å². The zero-order valence-electron chi connectivity index (χ0n) is 9.96. The highest BCUT2D eigenvalue weighted by Gasteiger charge is 2.17. The van der Waals surface area contributed by atoms with Crippen LogP contribution in [0.25, 0.3) is 0 Å². The number of aromatic nitrogens is 1. The van der Waals surface area contributed by atoms with Crippen molar-refractivity contribution in [2.75, 3.05) is 0 Å². The zero-order chi connectivity index (χ0) is 13.0. The van der Waals surface area contributed by atoms with Crippen LogP contribution in [-0.2, 0) is 0 Å². The molecule has 1 heterocycles. The summed E-state index contributed by atoms with van der Waals surface area (Å²) in [5, 5.41) is 5.83. The molecule has 1 aromatic heterocycles. The van der Waals surface area contributed by atoms with Crippen molar-refractivity contribution < 1.29 is 4.79 Å². The van der Waals surface area contributed by atoms with E-state index in [1.54, 1.807) is 23.6 Å². The zero-order valence-corrected chi connectivity index (χ0v) is 11.7. The van der Waals surface area contributed by atoms with E-state index in [-0.39, 0.29) is 11.9 Å². The van der Waals surface area contributed by atoms with Gasteiger partial charge >= 0.3 is 0 Å². The Labute approximate surface area is 116 Å². The Balaban J connectivity index is 2.14. The van der Waals surface area contributed by atoms with Gasteiger partial charge in [-0.15, -0.1) is 24.0 Å². The molecule has 1 aromatic carbocycles. The lowest BCUT2D eigenvalue weighted by molar-refractivity contribution is 0.0932. The fourth-order valence-corrected chi connectivity index (χ4v) is 2.68. The molecule has 2 rings (SSSR count). The molecule has 1 N–H and O–H groups in total. The lowest BCUT2D eigenvalue weighted by Crippen LogP contribution is -2.28. The lowest BCUT2D eigenvalue weighted by atomic mass is 10.1. The third-order valence-electron chi connectivity index (χ3n) is 2.61. The molecular formula is C13H14N2OS2. The van der Waals surface area contributed by atoms with E-state index in [2.05, 4.69) is 22.9 Å². The number of benzene rings is 1. The number of rotatable bonds is 4. The average molecular weight is 278 g/mol. The molecule has 1 amide bonds. The van der Waals surface area contributed by atoms with Gasteiger partial charge in [0.05, 0.1) is 11.6 Å². The molecule has 2 aromatic rings. The number of hydrogen-bond acceptors (Lipinski definition) is 4. The van der Waals surface area contributed by atoms with Crippen LogP contribution < -0.4 is 5.32 Å². The van der Waals surface area contributed by atoms with Crippen molar-refractivity contribution in [2.45, 2.75) is 24.3 Å². The van der Waals surface area contributed by atoms with E-state index in [1.165, 1.54) is 0 Å². The minimum absolute atomic E-state index is 0.0366. The summed E-state index contributed by atoms with van der Waals surface area (Å²) in [5.74, 6) is -0.109. The van der Waals surface area contributed by atoms with Gasteiger partial charge in [-0.05, 0) is 18.6 Å². The highest BCUT2D eigenvalue weighted by Crippen LogP contribution is 2.20. The molecular weight excluding hydrogens is 264 g/mol. The first-order chi connectivity index (χ1) is 8.72. The summed E-state index contributed by atoms with van der Waals surface area (Å²) in [6.07, 6.45) is 2.56. The second kappa shape index (κ2) is 6.02. The van der Waals surface area contributed by atoms with Crippen LogP contribution in [0.4, 0.5) is 0 Å². The van der Waals surface area contributed by atoms with E-state index in [0.717, 1.165) is 11.4 Å². The third kappa shape index (κ3) is 2.91. The Morgan fingerprint density at radius 1 is 1.50 bits per heavy atom. The number of thiol groups is 1. The molecule has 0 aliphatic heterocycles. The first kappa shape index (κ1) is 13.1. The number of carbonyl (C=O) groups is 1. The van der Waals surface area contributed by atoms with Crippen LogP contribution in [0.15, 0.2) is 40.7 Å². The molecule has 0 saturated heterocycles. The molecule has 18 heavy (non-hydrogen) atoms. The molecule has 1 atom stereocenters. The maximum atomic E-state index is 12.1. The van der Waals surface area contributed by atoms with Crippen LogP contribution >= 0.6 is 24.0 Å². The number of nitrogens with zero attached hydrogens (tertiary/aromatic N) is 1. The van der Waals surface area contributed by atoms with Crippen molar-refractivity contribution in [1.29, 1.82) is 0 Å². The first-order valence-corrected chi connectivity index (χ1v) is 7.03. The summed E-state index contributed by atoms with van der Waals surface area (Å²) in [6.45, 7) is 2.03. The van der Waals surface area contributed by atoms with Gasteiger partial charge in [0.25, 0.3) is 5.91 Å². The summed E-state index contributed by atoms with van der Waals surface area (Å²) >= 11 is 5.84. The molecule has 94 valence electrons. The molecule has 0 saturated carbocycles. The van der Waals surface area contributed by atoms with Crippen molar-refractivity contribution >= 4 is 29.9 Å². The molecule has 0 spiro atoms. The smallest absolute Gasteiger partial charge is 0.252 e. The average Bonchev–Trinajstić information content (AvgIpc) is 2.90. The van der Waals surface area contributed by atoms with Crippen LogP contribution in [0.3, 0.4) is 0 Å². The third-order valence-corrected chi connectivity index (χ3v) is 3.89. The minimum atomic E-state index is -0.109. The van der Waals surface area contributed by atoms with Gasteiger partial charge in [0, 0.05) is 16.5 Å². The Kier molecular flexibility index (Phi) is 4.38. The van der Waals surface area contributed by atoms with Gasteiger partial charge in [0.2, 0.25) is 0 Å². The second-order valence-corrected chi connectivity index (χ2v) is 5.23. The number of amides is 1. The standard InChI is InChI=1S/C13H14N2OS2/c1-2-10(13-14-7-8-18-13)15-12(16)9-5-3-4-6-11(9)17/h3-8,10,17H,2H2,1H3,(H,15,16). The van der Waals surface area contributed by atoms with Crippen LogP contribution in [0.5, 0.6) is 0 Å².